The van der Waals surface area contributed by atoms with Gasteiger partial charge in [-0.15, -0.1) is 0 Å². The second kappa shape index (κ2) is 21.1. The molecule has 0 amide bonds. The number of hydrogen-bond donors (Lipinski definition) is 0. The van der Waals surface area contributed by atoms with E-state index in [0.29, 0.717) is 39.6 Å². The second-order valence-corrected chi connectivity index (χ2v) is 16.9. The molecule has 0 N–H and O–H groups in total. The highest BCUT2D eigenvalue weighted by molar-refractivity contribution is 5.61. The summed E-state index contributed by atoms with van der Waals surface area (Å²) >= 11 is 0. The highest BCUT2D eigenvalue weighted by atomic mass is 16.5. The lowest BCUT2D eigenvalue weighted by atomic mass is 9.63. The van der Waals surface area contributed by atoms with Crippen LogP contribution in [0.5, 0.6) is 34.5 Å². The van der Waals surface area contributed by atoms with Gasteiger partial charge in [-0.3, -0.25) is 0 Å². The van der Waals surface area contributed by atoms with Crippen molar-refractivity contribution >= 4 is 0 Å². The van der Waals surface area contributed by atoms with E-state index in [1.54, 1.807) is 0 Å². The van der Waals surface area contributed by atoms with E-state index < -0.39 is 16.2 Å². The van der Waals surface area contributed by atoms with Crippen molar-refractivity contribution in [1.29, 1.82) is 0 Å². The van der Waals surface area contributed by atoms with Gasteiger partial charge < -0.3 is 28.4 Å². The Kier molecular flexibility index (Phi) is 15.1. The van der Waals surface area contributed by atoms with Crippen molar-refractivity contribution in [3.8, 4) is 34.5 Å². The third-order valence-electron chi connectivity index (χ3n) is 13.1. The van der Waals surface area contributed by atoms with Gasteiger partial charge in [-0.2, -0.15) is 0 Å². The molecule has 0 aliphatic carbocycles. The van der Waals surface area contributed by atoms with Crippen LogP contribution in [0.2, 0.25) is 0 Å². The molecule has 0 spiro atoms. The average molecular weight is 883 g/mol. The number of ether oxygens (including phenoxy) is 6. The van der Waals surface area contributed by atoms with E-state index in [2.05, 4.69) is 185 Å². The van der Waals surface area contributed by atoms with Crippen molar-refractivity contribution in [3.63, 3.8) is 0 Å². The topological polar surface area (TPSA) is 55.4 Å². The normalized spacial score (nSPS) is 11.8. The number of rotatable bonds is 21. The maximum Gasteiger partial charge on any atom is 0.119 e. The molecule has 6 heteroatoms. The third kappa shape index (κ3) is 9.65. The van der Waals surface area contributed by atoms with Crippen molar-refractivity contribution in [1.82, 2.24) is 0 Å². The Morgan fingerprint density at radius 2 is 0.364 bits per heavy atom. The first-order chi connectivity index (χ1) is 32.0. The summed E-state index contributed by atoms with van der Waals surface area (Å²) in [6.07, 6.45) is 0. The molecule has 7 aromatic carbocycles. The van der Waals surface area contributed by atoms with Crippen LogP contribution in [0.25, 0.3) is 0 Å². The zero-order chi connectivity index (χ0) is 46.7. The number of hydrogen-bond acceptors (Lipinski definition) is 6. The lowest BCUT2D eigenvalue weighted by Crippen LogP contribution is -2.32. The monoisotopic (exact) mass is 882 g/mol. The highest BCUT2D eigenvalue weighted by Gasteiger charge is 2.40. The molecule has 342 valence electrons. The van der Waals surface area contributed by atoms with Crippen molar-refractivity contribution in [2.45, 2.75) is 78.6 Å². The quantitative estimate of drug-likeness (QED) is 0.0670. The molecule has 0 atom stereocenters. The molecule has 7 rings (SSSR count). The Morgan fingerprint density at radius 3 is 0.485 bits per heavy atom. The van der Waals surface area contributed by atoms with Crippen LogP contribution in [0.4, 0.5) is 0 Å². The largest absolute Gasteiger partial charge is 0.494 e. The average Bonchev–Trinajstić information content (AvgIpc) is 3.35. The van der Waals surface area contributed by atoms with Crippen LogP contribution >= 0.6 is 0 Å². The van der Waals surface area contributed by atoms with E-state index in [-0.39, 0.29) is 0 Å². The van der Waals surface area contributed by atoms with E-state index in [0.717, 1.165) is 84.6 Å². The van der Waals surface area contributed by atoms with Gasteiger partial charge in [0.2, 0.25) is 0 Å². The minimum Gasteiger partial charge on any atom is -0.494 e. The summed E-state index contributed by atoms with van der Waals surface area (Å²) in [5, 5.41) is 0. The predicted molar refractivity (Wildman–Crippen MR) is 269 cm³/mol. The molecule has 0 aliphatic heterocycles. The molecule has 0 bridgehead atoms. The van der Waals surface area contributed by atoms with E-state index in [1.807, 2.05) is 41.5 Å². The van der Waals surface area contributed by atoms with Gasteiger partial charge >= 0.3 is 0 Å². The smallest absolute Gasteiger partial charge is 0.119 e. The first-order valence-corrected chi connectivity index (χ1v) is 23.6. The van der Waals surface area contributed by atoms with Gasteiger partial charge in [-0.25, -0.2) is 0 Å². The van der Waals surface area contributed by atoms with E-state index in [1.165, 1.54) is 0 Å². The first kappa shape index (κ1) is 47.3. The summed E-state index contributed by atoms with van der Waals surface area (Å²) in [5.41, 5.74) is 8.22. The van der Waals surface area contributed by atoms with Gasteiger partial charge in [0.15, 0.2) is 0 Å². The first-order valence-electron chi connectivity index (χ1n) is 23.6. The zero-order valence-corrected chi connectivity index (χ0v) is 40.3. The second-order valence-electron chi connectivity index (χ2n) is 16.9. The molecule has 0 fully saturated rings. The SMILES string of the molecule is CCOc1ccc(C(C)(c2ccc(OCC)cc2)c2cc(C(C)(c3ccc(OCC)cc3)c3ccc(OCC)cc3)cc(C(C)(c3ccc(OCC)cc3)c3ccc(OCC)cc3)c2)cc1. The molecule has 0 aromatic heterocycles. The predicted octanol–water partition coefficient (Wildman–Crippen LogP) is 14.1. The zero-order valence-electron chi connectivity index (χ0n) is 40.3. The van der Waals surface area contributed by atoms with Gasteiger partial charge in [0.1, 0.15) is 34.5 Å². The summed E-state index contributed by atoms with van der Waals surface area (Å²) in [5.74, 6) is 5.01. The van der Waals surface area contributed by atoms with Crippen LogP contribution in [0.15, 0.2) is 164 Å². The van der Waals surface area contributed by atoms with Crippen LogP contribution in [0, 0.1) is 0 Å². The molecule has 7 aromatic rings. The Hall–Kier alpha value is -6.66. The van der Waals surface area contributed by atoms with Gasteiger partial charge in [-0.05, 0) is 185 Å². The van der Waals surface area contributed by atoms with E-state index in [9.17, 15) is 0 Å². The minimum atomic E-state index is -0.655. The Balaban J connectivity index is 1.60. The molecule has 0 saturated carbocycles. The fraction of sp³-hybridized carbons (Fsp3) is 0.300. The minimum absolute atomic E-state index is 0.590. The Morgan fingerprint density at radius 1 is 0.227 bits per heavy atom. The van der Waals surface area contributed by atoms with Crippen molar-refractivity contribution in [2.24, 2.45) is 0 Å². The Bertz CT molecular complexity index is 2140. The van der Waals surface area contributed by atoms with Gasteiger partial charge in [0.05, 0.1) is 39.6 Å². The van der Waals surface area contributed by atoms with E-state index in [4.69, 9.17) is 28.4 Å². The third-order valence-corrected chi connectivity index (χ3v) is 13.1. The summed E-state index contributed by atoms with van der Waals surface area (Å²) in [4.78, 5) is 0. The molecular weight excluding hydrogens is 817 g/mol. The van der Waals surface area contributed by atoms with Gasteiger partial charge in [0.25, 0.3) is 0 Å². The summed E-state index contributed by atoms with van der Waals surface area (Å²) in [6.45, 7) is 22.7. The molecule has 0 radical (unpaired) electrons. The fourth-order valence-electron chi connectivity index (χ4n) is 9.30. The molecule has 66 heavy (non-hydrogen) atoms. The lowest BCUT2D eigenvalue weighted by Gasteiger charge is -2.39. The van der Waals surface area contributed by atoms with Crippen LogP contribution in [-0.4, -0.2) is 39.6 Å². The maximum atomic E-state index is 5.99. The van der Waals surface area contributed by atoms with E-state index >= 15 is 0 Å². The molecular formula is C60H66O6. The lowest BCUT2D eigenvalue weighted by molar-refractivity contribution is 0.339. The molecule has 0 saturated heterocycles. The fourth-order valence-corrected chi connectivity index (χ4v) is 9.30. The maximum absolute atomic E-state index is 5.99. The molecule has 6 nitrogen and oxygen atoms in total. The van der Waals surface area contributed by atoms with Crippen LogP contribution < -0.4 is 28.4 Å². The molecule has 0 heterocycles. The molecule has 0 aliphatic rings. The molecule has 0 unspecified atom stereocenters. The Labute approximate surface area is 393 Å². The van der Waals surface area contributed by atoms with Crippen LogP contribution in [0.3, 0.4) is 0 Å². The van der Waals surface area contributed by atoms with Crippen molar-refractivity contribution < 1.29 is 28.4 Å². The van der Waals surface area contributed by atoms with Crippen LogP contribution in [0.1, 0.15) is 112 Å². The number of benzene rings is 7. The van der Waals surface area contributed by atoms with Crippen LogP contribution in [-0.2, 0) is 16.2 Å². The van der Waals surface area contributed by atoms with Gasteiger partial charge in [-0.1, -0.05) is 91.0 Å². The summed E-state index contributed by atoms with van der Waals surface area (Å²) in [6, 6.07) is 58.9. The standard InChI is InChI=1S/C60H66O6/c1-10-61-52-28-16-43(17-29-52)58(7,44-18-30-53(31-19-44)62-11-2)49-40-50(59(8,45-20-32-54(33-21-45)63-12-3)46-22-34-55(35-23-46)64-13-4)42-51(41-49)60(9,47-24-36-56(37-25-47)65-14-5)48-26-38-57(39-27-48)66-15-6/h16-42H,10-15H2,1-9H3. The van der Waals surface area contributed by atoms with Crippen molar-refractivity contribution in [2.75, 3.05) is 39.6 Å². The van der Waals surface area contributed by atoms with Crippen molar-refractivity contribution in [3.05, 3.63) is 214 Å². The summed E-state index contributed by atoms with van der Waals surface area (Å²) < 4.78 is 36.0. The van der Waals surface area contributed by atoms with Gasteiger partial charge in [0, 0.05) is 16.2 Å². The highest BCUT2D eigenvalue weighted by Crippen LogP contribution is 2.49. The summed E-state index contributed by atoms with van der Waals surface area (Å²) in [7, 11) is 0.